The number of amides is 2. The number of carbonyl (C=O) groups is 2. The molecular weight excluding hydrogens is 268 g/mol. The van der Waals surface area contributed by atoms with Gasteiger partial charge in [0.15, 0.2) is 0 Å². The van der Waals surface area contributed by atoms with Crippen LogP contribution in [0.25, 0.3) is 0 Å². The lowest BCUT2D eigenvalue weighted by molar-refractivity contribution is -0.125. The third-order valence-corrected chi connectivity index (χ3v) is 2.97. The molecule has 0 saturated carbocycles. The molecule has 0 aliphatic heterocycles. The highest BCUT2D eigenvalue weighted by Crippen LogP contribution is 2.02. The fraction of sp³-hybridized carbons (Fsp3) is 0.467. The summed E-state index contributed by atoms with van der Waals surface area (Å²) >= 11 is 0. The molecule has 0 saturated heterocycles. The zero-order chi connectivity index (χ0) is 15.5. The summed E-state index contributed by atoms with van der Waals surface area (Å²) in [6, 6.07) is 10.2. The molecule has 0 aliphatic carbocycles. The van der Waals surface area contributed by atoms with Crippen molar-refractivity contribution >= 4 is 11.8 Å². The summed E-state index contributed by atoms with van der Waals surface area (Å²) < 4.78 is 0. The van der Waals surface area contributed by atoms with Crippen LogP contribution in [0, 0.1) is 0 Å². The molecule has 0 fully saturated rings. The number of nitrogens with two attached hydrogens (primary N) is 1. The van der Waals surface area contributed by atoms with E-state index in [1.165, 1.54) is 5.56 Å². The minimum absolute atomic E-state index is 0.0180. The van der Waals surface area contributed by atoms with Crippen LogP contribution in [0.5, 0.6) is 0 Å². The van der Waals surface area contributed by atoms with Crippen LogP contribution < -0.4 is 16.4 Å². The predicted octanol–water partition coefficient (Wildman–Crippen LogP) is -0.300. The van der Waals surface area contributed by atoms with Gasteiger partial charge in [-0.1, -0.05) is 30.3 Å². The molecule has 21 heavy (non-hydrogen) atoms. The largest absolute Gasteiger partial charge is 0.355 e. The van der Waals surface area contributed by atoms with Gasteiger partial charge in [0.05, 0.1) is 13.1 Å². The van der Waals surface area contributed by atoms with Crippen LogP contribution >= 0.6 is 0 Å². The van der Waals surface area contributed by atoms with E-state index in [0.29, 0.717) is 6.54 Å². The summed E-state index contributed by atoms with van der Waals surface area (Å²) in [5.74, 6) is -0.518. The van der Waals surface area contributed by atoms with Gasteiger partial charge in [-0.25, -0.2) is 0 Å². The molecule has 0 atom stereocenters. The van der Waals surface area contributed by atoms with Crippen molar-refractivity contribution in [2.75, 3.05) is 33.2 Å². The Labute approximate surface area is 125 Å². The number of benzene rings is 1. The van der Waals surface area contributed by atoms with E-state index in [2.05, 4.69) is 34.7 Å². The first-order chi connectivity index (χ1) is 10.1. The van der Waals surface area contributed by atoms with E-state index in [1.807, 2.05) is 18.2 Å². The Morgan fingerprint density at radius 3 is 2.52 bits per heavy atom. The standard InChI is InChI=1S/C15H24N4O2/c1-19(12-13-6-3-2-4-7-13)9-5-8-17-15(21)11-18-14(20)10-16/h2-4,6-7H,5,8-12,16H2,1H3,(H,17,21)(H,18,20). The molecule has 6 nitrogen and oxygen atoms in total. The third kappa shape index (κ3) is 8.06. The predicted molar refractivity (Wildman–Crippen MR) is 82.5 cm³/mol. The fourth-order valence-corrected chi connectivity index (χ4v) is 1.86. The summed E-state index contributed by atoms with van der Waals surface area (Å²) in [6.45, 7) is 2.26. The van der Waals surface area contributed by atoms with Crippen molar-refractivity contribution < 1.29 is 9.59 Å². The SMILES string of the molecule is CN(CCCNC(=O)CNC(=O)CN)Cc1ccccc1. The van der Waals surface area contributed by atoms with Crippen LogP contribution in [-0.4, -0.2) is 49.9 Å². The second-order valence-electron chi connectivity index (χ2n) is 4.91. The Morgan fingerprint density at radius 2 is 1.86 bits per heavy atom. The molecule has 0 heterocycles. The monoisotopic (exact) mass is 292 g/mol. The number of rotatable bonds is 9. The molecule has 0 aromatic heterocycles. The van der Waals surface area contributed by atoms with E-state index in [-0.39, 0.29) is 24.9 Å². The average molecular weight is 292 g/mol. The molecule has 0 unspecified atom stereocenters. The van der Waals surface area contributed by atoms with Gasteiger partial charge in [-0.3, -0.25) is 9.59 Å². The Balaban J connectivity index is 2.08. The first-order valence-corrected chi connectivity index (χ1v) is 7.07. The fourth-order valence-electron chi connectivity index (χ4n) is 1.86. The van der Waals surface area contributed by atoms with Gasteiger partial charge in [0.1, 0.15) is 0 Å². The molecule has 6 heteroatoms. The van der Waals surface area contributed by atoms with Gasteiger partial charge >= 0.3 is 0 Å². The Morgan fingerprint density at radius 1 is 1.14 bits per heavy atom. The number of carbonyl (C=O) groups excluding carboxylic acids is 2. The minimum atomic E-state index is -0.326. The van der Waals surface area contributed by atoms with E-state index < -0.39 is 0 Å². The van der Waals surface area contributed by atoms with E-state index in [1.54, 1.807) is 0 Å². The van der Waals surface area contributed by atoms with Crippen LogP contribution in [0.15, 0.2) is 30.3 Å². The van der Waals surface area contributed by atoms with Crippen molar-refractivity contribution in [1.82, 2.24) is 15.5 Å². The van der Waals surface area contributed by atoms with Crippen molar-refractivity contribution in [2.45, 2.75) is 13.0 Å². The molecule has 0 bridgehead atoms. The number of hydrogen-bond acceptors (Lipinski definition) is 4. The number of nitrogens with one attached hydrogen (secondary N) is 2. The van der Waals surface area contributed by atoms with Crippen molar-refractivity contribution in [3.05, 3.63) is 35.9 Å². The van der Waals surface area contributed by atoms with Crippen LogP contribution in [-0.2, 0) is 16.1 Å². The third-order valence-electron chi connectivity index (χ3n) is 2.97. The highest BCUT2D eigenvalue weighted by Gasteiger charge is 2.04. The van der Waals surface area contributed by atoms with E-state index in [0.717, 1.165) is 19.5 Å². The lowest BCUT2D eigenvalue weighted by Gasteiger charge is -2.16. The molecule has 1 aromatic rings. The van der Waals surface area contributed by atoms with Gasteiger partial charge in [-0.2, -0.15) is 0 Å². The van der Waals surface area contributed by atoms with Gasteiger partial charge in [0.25, 0.3) is 0 Å². The van der Waals surface area contributed by atoms with E-state index in [9.17, 15) is 9.59 Å². The maximum Gasteiger partial charge on any atom is 0.239 e. The highest BCUT2D eigenvalue weighted by molar-refractivity contribution is 5.85. The first kappa shape index (κ1) is 17.1. The Kier molecular flexibility index (Phi) is 8.08. The van der Waals surface area contributed by atoms with Gasteiger partial charge in [-0.15, -0.1) is 0 Å². The first-order valence-electron chi connectivity index (χ1n) is 7.07. The lowest BCUT2D eigenvalue weighted by atomic mass is 10.2. The lowest BCUT2D eigenvalue weighted by Crippen LogP contribution is -2.40. The van der Waals surface area contributed by atoms with Crippen molar-refractivity contribution in [3.8, 4) is 0 Å². The van der Waals surface area contributed by atoms with Crippen LogP contribution in [0.3, 0.4) is 0 Å². The summed E-state index contributed by atoms with van der Waals surface area (Å²) in [7, 11) is 2.05. The maximum atomic E-state index is 11.4. The molecule has 116 valence electrons. The van der Waals surface area contributed by atoms with Gasteiger partial charge in [0, 0.05) is 13.1 Å². The number of nitrogens with zero attached hydrogens (tertiary/aromatic N) is 1. The summed E-state index contributed by atoms with van der Waals surface area (Å²) in [6.07, 6.45) is 0.861. The second-order valence-corrected chi connectivity index (χ2v) is 4.91. The molecule has 4 N–H and O–H groups in total. The van der Waals surface area contributed by atoms with Crippen molar-refractivity contribution in [3.63, 3.8) is 0 Å². The highest BCUT2D eigenvalue weighted by atomic mass is 16.2. The molecule has 0 aliphatic rings. The quantitative estimate of drug-likeness (QED) is 0.545. The summed E-state index contributed by atoms with van der Waals surface area (Å²) in [5, 5.41) is 5.19. The van der Waals surface area contributed by atoms with E-state index in [4.69, 9.17) is 5.73 Å². The Hall–Kier alpha value is -1.92. The van der Waals surface area contributed by atoms with Crippen LogP contribution in [0.4, 0.5) is 0 Å². The smallest absolute Gasteiger partial charge is 0.239 e. The molecule has 1 aromatic carbocycles. The molecule has 0 radical (unpaired) electrons. The Bertz CT molecular complexity index is 437. The van der Waals surface area contributed by atoms with Crippen molar-refractivity contribution in [2.24, 2.45) is 5.73 Å². The van der Waals surface area contributed by atoms with Gasteiger partial charge in [0.2, 0.25) is 11.8 Å². The second kappa shape index (κ2) is 9.90. The average Bonchev–Trinajstić information content (AvgIpc) is 2.50. The molecule has 0 spiro atoms. The topological polar surface area (TPSA) is 87.5 Å². The van der Waals surface area contributed by atoms with Gasteiger partial charge < -0.3 is 21.3 Å². The van der Waals surface area contributed by atoms with Crippen LogP contribution in [0.2, 0.25) is 0 Å². The molecular formula is C15H24N4O2. The maximum absolute atomic E-state index is 11.4. The van der Waals surface area contributed by atoms with Gasteiger partial charge in [-0.05, 0) is 25.6 Å². The van der Waals surface area contributed by atoms with Crippen LogP contribution in [0.1, 0.15) is 12.0 Å². The van der Waals surface area contributed by atoms with E-state index >= 15 is 0 Å². The molecule has 1 rings (SSSR count). The zero-order valence-electron chi connectivity index (χ0n) is 12.5. The zero-order valence-corrected chi connectivity index (χ0v) is 12.5. The normalized spacial score (nSPS) is 10.4. The minimum Gasteiger partial charge on any atom is -0.355 e. The summed E-state index contributed by atoms with van der Waals surface area (Å²) in [5.41, 5.74) is 6.40. The van der Waals surface area contributed by atoms with Crippen molar-refractivity contribution in [1.29, 1.82) is 0 Å². The number of hydrogen-bond donors (Lipinski definition) is 3. The molecule has 2 amide bonds. The summed E-state index contributed by atoms with van der Waals surface area (Å²) in [4.78, 5) is 24.5.